The zero-order valence-corrected chi connectivity index (χ0v) is 12.1. The Labute approximate surface area is 121 Å². The second-order valence-corrected chi connectivity index (χ2v) is 4.62. The van der Waals surface area contributed by atoms with Gasteiger partial charge in [0.2, 0.25) is 0 Å². The number of methoxy groups -OCH3 is 1. The third kappa shape index (κ3) is 3.47. The van der Waals surface area contributed by atoms with Crippen LogP contribution < -0.4 is 5.32 Å². The van der Waals surface area contributed by atoms with Gasteiger partial charge in [0.05, 0.1) is 19.1 Å². The lowest BCUT2D eigenvalue weighted by atomic mass is 10.1. The summed E-state index contributed by atoms with van der Waals surface area (Å²) in [6.45, 7) is 1.79. The number of hydrogen-bond acceptors (Lipinski definition) is 5. The van der Waals surface area contributed by atoms with Crippen molar-refractivity contribution >= 4 is 11.9 Å². The first-order chi connectivity index (χ1) is 10.0. The summed E-state index contributed by atoms with van der Waals surface area (Å²) in [5.74, 6) is -0.898. The van der Waals surface area contributed by atoms with Gasteiger partial charge in [-0.15, -0.1) is 0 Å². The van der Waals surface area contributed by atoms with E-state index in [0.717, 1.165) is 11.4 Å². The minimum absolute atomic E-state index is 0.273. The SMILES string of the molecule is COC(=O)[C@H](Cc1cnc[nH]1)NC(=O)c1cc(C)nn1C. The Hall–Kier alpha value is -2.64. The highest BCUT2D eigenvalue weighted by atomic mass is 16.5. The molecular weight excluding hydrogens is 274 g/mol. The summed E-state index contributed by atoms with van der Waals surface area (Å²) in [7, 11) is 2.95. The van der Waals surface area contributed by atoms with Crippen LogP contribution in [0.3, 0.4) is 0 Å². The number of aromatic amines is 1. The van der Waals surface area contributed by atoms with Crippen molar-refractivity contribution < 1.29 is 14.3 Å². The molecule has 21 heavy (non-hydrogen) atoms. The van der Waals surface area contributed by atoms with Crippen LogP contribution >= 0.6 is 0 Å². The number of aromatic nitrogens is 4. The molecule has 2 rings (SSSR count). The van der Waals surface area contributed by atoms with Crippen LogP contribution in [0.15, 0.2) is 18.6 Å². The number of carbonyl (C=O) groups is 2. The molecule has 0 aromatic carbocycles. The van der Waals surface area contributed by atoms with Gasteiger partial charge >= 0.3 is 5.97 Å². The van der Waals surface area contributed by atoms with E-state index in [9.17, 15) is 9.59 Å². The van der Waals surface area contributed by atoms with E-state index >= 15 is 0 Å². The molecule has 2 N–H and O–H groups in total. The second-order valence-electron chi connectivity index (χ2n) is 4.62. The molecule has 1 amide bonds. The molecular formula is C13H17N5O3. The third-order valence-corrected chi connectivity index (χ3v) is 3.00. The van der Waals surface area contributed by atoms with Crippen molar-refractivity contribution in [1.29, 1.82) is 0 Å². The van der Waals surface area contributed by atoms with Crippen molar-refractivity contribution in [2.45, 2.75) is 19.4 Å². The van der Waals surface area contributed by atoms with E-state index in [-0.39, 0.29) is 12.3 Å². The summed E-state index contributed by atoms with van der Waals surface area (Å²) < 4.78 is 6.19. The van der Waals surface area contributed by atoms with Crippen molar-refractivity contribution in [3.05, 3.63) is 35.7 Å². The van der Waals surface area contributed by atoms with Gasteiger partial charge in [0.25, 0.3) is 5.91 Å². The lowest BCUT2D eigenvalue weighted by Crippen LogP contribution is -2.43. The first kappa shape index (κ1) is 14.8. The molecule has 2 aromatic rings. The molecule has 8 nitrogen and oxygen atoms in total. The minimum Gasteiger partial charge on any atom is -0.467 e. The lowest BCUT2D eigenvalue weighted by Gasteiger charge is -2.15. The highest BCUT2D eigenvalue weighted by Gasteiger charge is 2.24. The Balaban J connectivity index is 2.13. The van der Waals surface area contributed by atoms with E-state index < -0.39 is 12.0 Å². The zero-order chi connectivity index (χ0) is 15.4. The molecule has 112 valence electrons. The molecule has 0 fully saturated rings. The molecule has 2 heterocycles. The topological polar surface area (TPSA) is 102 Å². The first-order valence-electron chi connectivity index (χ1n) is 6.38. The maximum absolute atomic E-state index is 12.2. The fourth-order valence-corrected chi connectivity index (χ4v) is 2.01. The summed E-state index contributed by atoms with van der Waals surface area (Å²) in [6, 6.07) is 0.859. The highest BCUT2D eigenvalue weighted by Crippen LogP contribution is 2.05. The smallest absolute Gasteiger partial charge is 0.328 e. The molecule has 0 saturated heterocycles. The van der Waals surface area contributed by atoms with Crippen molar-refractivity contribution in [1.82, 2.24) is 25.1 Å². The molecule has 0 saturated carbocycles. The Bertz CT molecular complexity index is 632. The van der Waals surface area contributed by atoms with E-state index in [1.165, 1.54) is 18.1 Å². The van der Waals surface area contributed by atoms with Crippen LogP contribution in [0.2, 0.25) is 0 Å². The Morgan fingerprint density at radius 2 is 2.29 bits per heavy atom. The van der Waals surface area contributed by atoms with E-state index in [1.54, 1.807) is 26.2 Å². The average molecular weight is 291 g/mol. The molecule has 8 heteroatoms. The van der Waals surface area contributed by atoms with Crippen molar-refractivity contribution in [2.75, 3.05) is 7.11 Å². The van der Waals surface area contributed by atoms with E-state index in [2.05, 4.69) is 20.4 Å². The summed E-state index contributed by atoms with van der Waals surface area (Å²) in [5, 5.41) is 6.76. The van der Waals surface area contributed by atoms with Crippen LogP contribution in [-0.4, -0.2) is 44.8 Å². The number of ether oxygens (including phenoxy) is 1. The quantitative estimate of drug-likeness (QED) is 0.753. The number of amides is 1. The number of carbonyl (C=O) groups excluding carboxylic acids is 2. The molecule has 0 radical (unpaired) electrons. The number of rotatable bonds is 5. The van der Waals surface area contributed by atoms with Gasteiger partial charge in [0.1, 0.15) is 11.7 Å². The number of nitrogens with one attached hydrogen (secondary N) is 2. The van der Waals surface area contributed by atoms with E-state index in [1.807, 2.05) is 0 Å². The van der Waals surface area contributed by atoms with Gasteiger partial charge in [0, 0.05) is 25.4 Å². The molecule has 0 spiro atoms. The van der Waals surface area contributed by atoms with Crippen LogP contribution in [0, 0.1) is 6.92 Å². The maximum atomic E-state index is 12.2. The number of H-pyrrole nitrogens is 1. The summed E-state index contributed by atoms with van der Waals surface area (Å²) in [5.41, 5.74) is 1.84. The van der Waals surface area contributed by atoms with Gasteiger partial charge in [-0.25, -0.2) is 9.78 Å². The monoisotopic (exact) mass is 291 g/mol. The van der Waals surface area contributed by atoms with Crippen LogP contribution in [0.1, 0.15) is 21.9 Å². The Morgan fingerprint density at radius 3 is 2.81 bits per heavy atom. The fourth-order valence-electron chi connectivity index (χ4n) is 2.01. The molecule has 2 aromatic heterocycles. The zero-order valence-electron chi connectivity index (χ0n) is 12.1. The third-order valence-electron chi connectivity index (χ3n) is 3.00. The predicted octanol–water partition coefficient (Wildman–Crippen LogP) is -0.0343. The Kier molecular flexibility index (Phi) is 4.36. The molecule has 0 bridgehead atoms. The number of hydrogen-bond donors (Lipinski definition) is 2. The molecule has 0 aliphatic carbocycles. The van der Waals surface area contributed by atoms with Gasteiger partial charge in [0.15, 0.2) is 0 Å². The highest BCUT2D eigenvalue weighted by molar-refractivity contribution is 5.95. The first-order valence-corrected chi connectivity index (χ1v) is 6.38. The van der Waals surface area contributed by atoms with Crippen LogP contribution in [0.5, 0.6) is 0 Å². The van der Waals surface area contributed by atoms with Crippen LogP contribution in [0.4, 0.5) is 0 Å². The van der Waals surface area contributed by atoms with Gasteiger partial charge in [-0.3, -0.25) is 9.48 Å². The van der Waals surface area contributed by atoms with Crippen LogP contribution in [0.25, 0.3) is 0 Å². The van der Waals surface area contributed by atoms with Crippen molar-refractivity contribution in [3.8, 4) is 0 Å². The number of aryl methyl sites for hydroxylation is 2. The number of nitrogens with zero attached hydrogens (tertiary/aromatic N) is 3. The largest absolute Gasteiger partial charge is 0.467 e. The molecule has 1 atom stereocenters. The van der Waals surface area contributed by atoms with Gasteiger partial charge < -0.3 is 15.0 Å². The van der Waals surface area contributed by atoms with E-state index in [4.69, 9.17) is 4.74 Å². The Morgan fingerprint density at radius 1 is 1.52 bits per heavy atom. The standard InChI is InChI=1S/C13H17N5O3/c1-8-4-11(18(2)17-8)12(19)16-10(13(20)21-3)5-9-6-14-7-15-9/h4,6-7,10H,5H2,1-3H3,(H,14,15)(H,16,19)/t10-/m0/s1. The second kappa shape index (κ2) is 6.21. The van der Waals surface area contributed by atoms with E-state index in [0.29, 0.717) is 5.69 Å². The summed E-state index contributed by atoms with van der Waals surface area (Å²) in [6.07, 6.45) is 3.38. The van der Waals surface area contributed by atoms with Gasteiger partial charge in [-0.1, -0.05) is 0 Å². The summed E-state index contributed by atoms with van der Waals surface area (Å²) >= 11 is 0. The van der Waals surface area contributed by atoms with Crippen molar-refractivity contribution in [2.24, 2.45) is 7.05 Å². The maximum Gasteiger partial charge on any atom is 0.328 e. The average Bonchev–Trinajstić information content (AvgIpc) is 3.06. The van der Waals surface area contributed by atoms with Gasteiger partial charge in [-0.2, -0.15) is 5.10 Å². The van der Waals surface area contributed by atoms with Crippen molar-refractivity contribution in [3.63, 3.8) is 0 Å². The van der Waals surface area contributed by atoms with Crippen LogP contribution in [-0.2, 0) is 23.0 Å². The fraction of sp³-hybridized carbons (Fsp3) is 0.385. The minimum atomic E-state index is -0.793. The molecule has 0 aliphatic heterocycles. The molecule has 0 aliphatic rings. The number of esters is 1. The van der Waals surface area contributed by atoms with Gasteiger partial charge in [-0.05, 0) is 13.0 Å². The number of imidazole rings is 1. The molecule has 0 unspecified atom stereocenters. The summed E-state index contributed by atoms with van der Waals surface area (Å²) in [4.78, 5) is 30.8. The lowest BCUT2D eigenvalue weighted by molar-refractivity contribution is -0.142. The predicted molar refractivity (Wildman–Crippen MR) is 73.5 cm³/mol. The normalized spacial score (nSPS) is 12.0.